The number of sulfonamides is 1. The summed E-state index contributed by atoms with van der Waals surface area (Å²) in [4.78, 5) is 39.4. The van der Waals surface area contributed by atoms with Crippen LogP contribution in [0.2, 0.25) is 0 Å². The minimum atomic E-state index is -4.11. The van der Waals surface area contributed by atoms with Crippen molar-refractivity contribution in [2.45, 2.75) is 62.9 Å². The molecule has 1 aliphatic rings. The zero-order valence-electron chi connectivity index (χ0n) is 29.2. The summed E-state index contributed by atoms with van der Waals surface area (Å²) >= 11 is 0. The van der Waals surface area contributed by atoms with Crippen LogP contribution in [0.15, 0.2) is 102 Å². The fraction of sp³-hybridized carbons (Fsp3) is 0.275. The number of carbonyl (C=O) groups excluding carboxylic acids is 3. The van der Waals surface area contributed by atoms with Gasteiger partial charge in [0.1, 0.15) is 11.9 Å². The summed E-state index contributed by atoms with van der Waals surface area (Å²) in [5.41, 5.74) is 4.43. The second-order valence-electron chi connectivity index (χ2n) is 12.9. The predicted molar refractivity (Wildman–Crippen MR) is 199 cm³/mol. The van der Waals surface area contributed by atoms with E-state index in [0.29, 0.717) is 41.0 Å². The molecule has 1 fully saturated rings. The number of aryl methyl sites for hydroxylation is 2. The molecular weight excluding hydrogens is 681 g/mol. The predicted octanol–water partition coefficient (Wildman–Crippen LogP) is 7.35. The van der Waals surface area contributed by atoms with Crippen molar-refractivity contribution in [2.24, 2.45) is 0 Å². The first kappa shape index (κ1) is 36.2. The molecule has 6 rings (SSSR count). The maximum absolute atomic E-state index is 13.5. The lowest BCUT2D eigenvalue weighted by Gasteiger charge is -2.13. The minimum absolute atomic E-state index is 0.0178. The number of anilines is 1. The molecule has 1 saturated carbocycles. The fourth-order valence-electron chi connectivity index (χ4n) is 6.54. The molecule has 1 aromatic heterocycles. The van der Waals surface area contributed by atoms with Crippen LogP contribution in [0.1, 0.15) is 64.7 Å². The third kappa shape index (κ3) is 8.63. The Labute approximate surface area is 303 Å². The van der Waals surface area contributed by atoms with E-state index in [2.05, 4.69) is 27.5 Å². The van der Waals surface area contributed by atoms with Crippen molar-refractivity contribution in [1.29, 1.82) is 0 Å². The van der Waals surface area contributed by atoms with Gasteiger partial charge in [-0.1, -0.05) is 54.6 Å². The lowest BCUT2D eigenvalue weighted by Crippen LogP contribution is -2.31. The first-order valence-corrected chi connectivity index (χ1v) is 18.8. The highest BCUT2D eigenvalue weighted by atomic mass is 32.2. The Hall–Kier alpha value is -5.62. The van der Waals surface area contributed by atoms with Crippen molar-refractivity contribution in [2.75, 3.05) is 19.0 Å². The van der Waals surface area contributed by atoms with E-state index in [0.717, 1.165) is 49.5 Å². The molecule has 0 radical (unpaired) electrons. The molecule has 270 valence electrons. The maximum Gasteiger partial charge on any atom is 0.411 e. The lowest BCUT2D eigenvalue weighted by molar-refractivity contribution is 0.0980. The number of aromatic nitrogens is 1. The number of fused-ring (bicyclic) bond motifs is 1. The Bertz CT molecular complexity index is 2190. The lowest BCUT2D eigenvalue weighted by atomic mass is 10.0. The van der Waals surface area contributed by atoms with E-state index in [-0.39, 0.29) is 22.6 Å². The van der Waals surface area contributed by atoms with Crippen LogP contribution >= 0.6 is 0 Å². The van der Waals surface area contributed by atoms with Crippen LogP contribution in [0.4, 0.5) is 15.3 Å². The number of hydrogen-bond donors (Lipinski definition) is 3. The normalized spacial score (nSPS) is 13.1. The van der Waals surface area contributed by atoms with Gasteiger partial charge in [0.15, 0.2) is 0 Å². The van der Waals surface area contributed by atoms with Crippen LogP contribution in [-0.4, -0.2) is 50.8 Å². The van der Waals surface area contributed by atoms with Gasteiger partial charge in [-0.15, -0.1) is 0 Å². The van der Waals surface area contributed by atoms with Crippen molar-refractivity contribution < 1.29 is 32.3 Å². The van der Waals surface area contributed by atoms with E-state index >= 15 is 0 Å². The number of hydrogen-bond acceptors (Lipinski definition) is 7. The Morgan fingerprint density at radius 3 is 2.38 bits per heavy atom. The number of nitrogens with zero attached hydrogens (tertiary/aromatic N) is 1. The molecule has 0 aliphatic heterocycles. The van der Waals surface area contributed by atoms with Gasteiger partial charge in [0.25, 0.3) is 15.9 Å². The molecule has 3 amide bonds. The zero-order valence-corrected chi connectivity index (χ0v) is 30.0. The summed E-state index contributed by atoms with van der Waals surface area (Å²) in [5, 5.41) is 6.58. The summed E-state index contributed by atoms with van der Waals surface area (Å²) < 4.78 is 40.9. The van der Waals surface area contributed by atoms with E-state index in [1.807, 2.05) is 24.3 Å². The highest BCUT2D eigenvalue weighted by molar-refractivity contribution is 7.90. The van der Waals surface area contributed by atoms with E-state index in [1.54, 1.807) is 54.1 Å². The summed E-state index contributed by atoms with van der Waals surface area (Å²) in [6.45, 7) is 2.14. The first-order chi connectivity index (χ1) is 25.1. The van der Waals surface area contributed by atoms with Crippen LogP contribution in [0, 0.1) is 6.92 Å². The fourth-order valence-corrected chi connectivity index (χ4v) is 7.76. The number of amides is 3. The van der Waals surface area contributed by atoms with Crippen molar-refractivity contribution in [3.8, 4) is 5.75 Å². The van der Waals surface area contributed by atoms with Gasteiger partial charge in [-0.05, 0) is 104 Å². The smallest absolute Gasteiger partial charge is 0.411 e. The monoisotopic (exact) mass is 722 g/mol. The molecule has 0 bridgehead atoms. The van der Waals surface area contributed by atoms with Gasteiger partial charge >= 0.3 is 12.1 Å². The number of carbonyl (C=O) groups is 3. The Morgan fingerprint density at radius 1 is 0.885 bits per heavy atom. The van der Waals surface area contributed by atoms with Gasteiger partial charge in [-0.2, -0.15) is 0 Å². The first-order valence-electron chi connectivity index (χ1n) is 17.3. The van der Waals surface area contributed by atoms with Gasteiger partial charge in [-0.3, -0.25) is 14.7 Å². The van der Waals surface area contributed by atoms with Crippen molar-refractivity contribution in [3.63, 3.8) is 0 Å². The SMILES string of the molecule is COc1cc(C(=O)NS(=O)(=O)c2ccccc2C)ccc1Cc1cn(C(=O)NCCCc2ccccc2)c2ccc(NC(=O)OC3CCCC3)cc12. The standard InChI is InChI=1S/C40H42N4O7S/c1-27-11-6-9-17-37(27)52(48,49)43-38(45)30-19-18-29(36(24-30)50-2)23-31-26-44(39(46)41-22-10-14-28-12-4-3-5-13-28)35-21-20-32(25-34(31)35)42-40(47)51-33-15-7-8-16-33/h3-6,9,11-13,17-21,24-26,33H,7-8,10,14-16,22-23H2,1-2H3,(H,41,46)(H,42,47)(H,43,45). The molecule has 52 heavy (non-hydrogen) atoms. The molecule has 0 unspecified atom stereocenters. The van der Waals surface area contributed by atoms with Crippen molar-refractivity contribution in [3.05, 3.63) is 125 Å². The van der Waals surface area contributed by atoms with Gasteiger partial charge < -0.3 is 14.8 Å². The van der Waals surface area contributed by atoms with Crippen LogP contribution in [0.3, 0.4) is 0 Å². The van der Waals surface area contributed by atoms with Gasteiger partial charge in [0.2, 0.25) is 0 Å². The van der Waals surface area contributed by atoms with Crippen LogP contribution in [0.25, 0.3) is 10.9 Å². The molecule has 0 atom stereocenters. The second kappa shape index (κ2) is 16.2. The van der Waals surface area contributed by atoms with Gasteiger partial charge in [0, 0.05) is 35.8 Å². The van der Waals surface area contributed by atoms with Crippen molar-refractivity contribution in [1.82, 2.24) is 14.6 Å². The number of nitrogens with one attached hydrogen (secondary N) is 3. The molecule has 12 heteroatoms. The summed E-state index contributed by atoms with van der Waals surface area (Å²) in [5.74, 6) is -0.435. The minimum Gasteiger partial charge on any atom is -0.496 e. The van der Waals surface area contributed by atoms with Crippen molar-refractivity contribution >= 4 is 44.6 Å². The molecular formula is C40H42N4O7S. The number of methoxy groups -OCH3 is 1. The summed E-state index contributed by atoms with van der Waals surface area (Å²) in [6, 6.07) is 26.2. The number of rotatable bonds is 12. The quantitative estimate of drug-likeness (QED) is 0.114. The van der Waals surface area contributed by atoms with Gasteiger partial charge in [0.05, 0.1) is 17.5 Å². The van der Waals surface area contributed by atoms with E-state index in [9.17, 15) is 22.8 Å². The molecule has 5 aromatic rings. The summed E-state index contributed by atoms with van der Waals surface area (Å²) in [7, 11) is -2.64. The average Bonchev–Trinajstić information content (AvgIpc) is 3.78. The largest absolute Gasteiger partial charge is 0.496 e. The third-order valence-electron chi connectivity index (χ3n) is 9.23. The molecule has 4 aromatic carbocycles. The second-order valence-corrected chi connectivity index (χ2v) is 14.6. The molecule has 0 spiro atoms. The maximum atomic E-state index is 13.5. The van der Waals surface area contributed by atoms with Gasteiger partial charge in [-0.25, -0.2) is 22.7 Å². The molecule has 11 nitrogen and oxygen atoms in total. The molecule has 1 aliphatic carbocycles. The Kier molecular flexibility index (Phi) is 11.2. The Balaban J connectivity index is 1.24. The van der Waals surface area contributed by atoms with E-state index in [4.69, 9.17) is 9.47 Å². The topological polar surface area (TPSA) is 145 Å². The van der Waals surface area contributed by atoms with Crippen LogP contribution < -0.4 is 20.1 Å². The number of ether oxygens (including phenoxy) is 2. The number of benzene rings is 4. The van der Waals surface area contributed by atoms with Crippen LogP contribution in [0.5, 0.6) is 5.75 Å². The van der Waals surface area contributed by atoms with Crippen LogP contribution in [-0.2, 0) is 27.6 Å². The third-order valence-corrected chi connectivity index (χ3v) is 10.7. The highest BCUT2D eigenvalue weighted by Gasteiger charge is 2.23. The zero-order chi connectivity index (χ0) is 36.7. The molecule has 0 saturated heterocycles. The molecule has 3 N–H and O–H groups in total. The van der Waals surface area contributed by atoms with E-state index < -0.39 is 22.0 Å². The Morgan fingerprint density at radius 2 is 1.63 bits per heavy atom. The summed E-state index contributed by atoms with van der Waals surface area (Å²) in [6.07, 6.45) is 6.82. The van der Waals surface area contributed by atoms with E-state index in [1.165, 1.54) is 30.9 Å². The molecule has 1 heterocycles. The highest BCUT2D eigenvalue weighted by Crippen LogP contribution is 2.31. The average molecular weight is 723 g/mol.